The number of fused-ring (bicyclic) bond motifs is 1. The number of nitrogens with one attached hydrogen (secondary N) is 1. The Kier molecular flexibility index (Phi) is 4.91. The van der Waals surface area contributed by atoms with E-state index < -0.39 is 11.9 Å². The fourth-order valence-electron chi connectivity index (χ4n) is 2.91. The number of hydrogen-bond donors (Lipinski definition) is 1. The zero-order valence-corrected chi connectivity index (χ0v) is 15.5. The molecule has 2 aromatic heterocycles. The monoisotopic (exact) mass is 363 g/mol. The fourth-order valence-corrected chi connectivity index (χ4v) is 4.16. The van der Waals surface area contributed by atoms with Crippen molar-refractivity contribution in [3.05, 3.63) is 33.5 Å². The van der Waals surface area contributed by atoms with E-state index in [0.29, 0.717) is 22.3 Å². The number of hydrogen-bond acceptors (Lipinski definition) is 7. The van der Waals surface area contributed by atoms with E-state index in [2.05, 4.69) is 29.2 Å². The van der Waals surface area contributed by atoms with Gasteiger partial charge >= 0.3 is 5.97 Å². The molecule has 0 aromatic carbocycles. The molecule has 7 nitrogen and oxygen atoms in total. The van der Waals surface area contributed by atoms with Crippen molar-refractivity contribution >= 4 is 28.2 Å². The van der Waals surface area contributed by atoms with Gasteiger partial charge in [0, 0.05) is 30.1 Å². The quantitative estimate of drug-likeness (QED) is 0.841. The van der Waals surface area contributed by atoms with Crippen LogP contribution in [-0.2, 0) is 17.7 Å². The Labute approximate surface area is 149 Å². The van der Waals surface area contributed by atoms with Crippen LogP contribution >= 0.6 is 11.3 Å². The highest BCUT2D eigenvalue weighted by molar-refractivity contribution is 7.17. The van der Waals surface area contributed by atoms with Crippen molar-refractivity contribution in [3.8, 4) is 0 Å². The van der Waals surface area contributed by atoms with Gasteiger partial charge in [-0.2, -0.15) is 0 Å². The number of methoxy groups -OCH3 is 1. The number of aromatic nitrogens is 1. The molecule has 1 amide bonds. The molecule has 1 aliphatic rings. The van der Waals surface area contributed by atoms with Crippen LogP contribution in [0.5, 0.6) is 0 Å². The first-order valence-corrected chi connectivity index (χ1v) is 8.94. The summed E-state index contributed by atoms with van der Waals surface area (Å²) in [7, 11) is 1.35. The zero-order chi connectivity index (χ0) is 18.1. The van der Waals surface area contributed by atoms with Crippen LogP contribution in [0.3, 0.4) is 0 Å². The number of amides is 1. The summed E-state index contributed by atoms with van der Waals surface area (Å²) < 4.78 is 9.93. The van der Waals surface area contributed by atoms with Gasteiger partial charge in [-0.1, -0.05) is 5.16 Å². The van der Waals surface area contributed by atoms with Crippen molar-refractivity contribution in [3.63, 3.8) is 0 Å². The molecule has 0 spiro atoms. The van der Waals surface area contributed by atoms with Gasteiger partial charge in [0.1, 0.15) is 5.00 Å². The molecule has 0 unspecified atom stereocenters. The molecule has 0 bridgehead atoms. The molecule has 2 aromatic rings. The highest BCUT2D eigenvalue weighted by Gasteiger charge is 2.30. The van der Waals surface area contributed by atoms with Crippen LogP contribution in [0.25, 0.3) is 0 Å². The Morgan fingerprint density at radius 3 is 2.80 bits per heavy atom. The average Bonchev–Trinajstić information content (AvgIpc) is 3.16. The smallest absolute Gasteiger partial charge is 0.341 e. The van der Waals surface area contributed by atoms with Crippen molar-refractivity contribution in [2.75, 3.05) is 19.0 Å². The van der Waals surface area contributed by atoms with Crippen LogP contribution in [0.15, 0.2) is 10.6 Å². The van der Waals surface area contributed by atoms with Gasteiger partial charge in [0.05, 0.1) is 18.4 Å². The first-order chi connectivity index (χ1) is 11.9. The molecule has 134 valence electrons. The molecule has 0 saturated heterocycles. The van der Waals surface area contributed by atoms with E-state index in [1.165, 1.54) is 18.4 Å². The lowest BCUT2D eigenvalue weighted by Gasteiger charge is -2.30. The highest BCUT2D eigenvalue weighted by atomic mass is 32.1. The number of ether oxygens (including phenoxy) is 1. The van der Waals surface area contributed by atoms with Crippen molar-refractivity contribution in [1.82, 2.24) is 10.1 Å². The second-order valence-electron chi connectivity index (χ2n) is 6.30. The second kappa shape index (κ2) is 6.97. The molecular formula is C17H21N3O4S. The van der Waals surface area contributed by atoms with Crippen LogP contribution in [0.4, 0.5) is 5.00 Å². The number of esters is 1. The van der Waals surface area contributed by atoms with Gasteiger partial charge in [0.15, 0.2) is 0 Å². The number of thiophene rings is 1. The minimum Gasteiger partial charge on any atom is -0.465 e. The maximum Gasteiger partial charge on any atom is 0.341 e. The van der Waals surface area contributed by atoms with E-state index >= 15 is 0 Å². The topological polar surface area (TPSA) is 84.7 Å². The van der Waals surface area contributed by atoms with Crippen LogP contribution in [0, 0.1) is 6.92 Å². The molecule has 3 heterocycles. The summed E-state index contributed by atoms with van der Waals surface area (Å²) in [6, 6.07) is 1.98. The van der Waals surface area contributed by atoms with Crippen molar-refractivity contribution < 1.29 is 18.8 Å². The first kappa shape index (κ1) is 17.6. The Hall–Kier alpha value is -2.19. The van der Waals surface area contributed by atoms with Crippen molar-refractivity contribution in [1.29, 1.82) is 0 Å². The SMILES string of the molecule is COC(=O)c1c(NC(=O)c2cc(C)no2)sc2c1CCN(C(C)C)C2. The molecule has 25 heavy (non-hydrogen) atoms. The van der Waals surface area contributed by atoms with Crippen LogP contribution in [0.2, 0.25) is 0 Å². The van der Waals surface area contributed by atoms with E-state index in [4.69, 9.17) is 9.26 Å². The number of anilines is 1. The molecule has 3 rings (SSSR count). The van der Waals surface area contributed by atoms with Crippen LogP contribution in [0.1, 0.15) is 50.9 Å². The number of nitrogens with zero attached hydrogens (tertiary/aromatic N) is 2. The van der Waals surface area contributed by atoms with Crippen molar-refractivity contribution in [2.45, 2.75) is 39.8 Å². The molecule has 0 atom stereocenters. The molecule has 0 radical (unpaired) electrons. The summed E-state index contributed by atoms with van der Waals surface area (Å²) >= 11 is 1.42. The largest absolute Gasteiger partial charge is 0.465 e. The van der Waals surface area contributed by atoms with E-state index in [1.54, 1.807) is 13.0 Å². The standard InChI is InChI=1S/C17H21N3O4S/c1-9(2)20-6-5-11-13(8-20)25-16(14(11)17(22)23-4)18-15(21)12-7-10(3)19-24-12/h7,9H,5-6,8H2,1-4H3,(H,18,21). The summed E-state index contributed by atoms with van der Waals surface area (Å²) in [6.45, 7) is 7.67. The minimum atomic E-state index is -0.431. The average molecular weight is 363 g/mol. The molecule has 0 aliphatic carbocycles. The predicted octanol–water partition coefficient (Wildman–Crippen LogP) is 2.85. The lowest BCUT2D eigenvalue weighted by atomic mass is 10.0. The Balaban J connectivity index is 1.93. The highest BCUT2D eigenvalue weighted by Crippen LogP contribution is 2.38. The second-order valence-corrected chi connectivity index (χ2v) is 7.41. The molecule has 0 fully saturated rings. The molecule has 0 saturated carbocycles. The van der Waals surface area contributed by atoms with Gasteiger partial charge in [-0.15, -0.1) is 11.3 Å². The summed E-state index contributed by atoms with van der Waals surface area (Å²) in [5.41, 5.74) is 2.05. The molecule has 1 aliphatic heterocycles. The third-order valence-corrected chi connectivity index (χ3v) is 5.42. The maximum atomic E-state index is 12.4. The molecular weight excluding hydrogens is 342 g/mol. The maximum absolute atomic E-state index is 12.4. The normalized spacial score (nSPS) is 14.4. The summed E-state index contributed by atoms with van der Waals surface area (Å²) in [5.74, 6) is -0.742. The summed E-state index contributed by atoms with van der Waals surface area (Å²) in [6.07, 6.45) is 0.756. The van der Waals surface area contributed by atoms with Gasteiger partial charge in [0.2, 0.25) is 5.76 Å². The lowest BCUT2D eigenvalue weighted by Crippen LogP contribution is -2.35. The van der Waals surface area contributed by atoms with Crippen LogP contribution in [-0.4, -0.2) is 41.6 Å². The molecule has 1 N–H and O–H groups in total. The first-order valence-electron chi connectivity index (χ1n) is 8.12. The molecule has 8 heteroatoms. The van der Waals surface area contributed by atoms with E-state index in [1.807, 2.05) is 0 Å². The number of rotatable bonds is 4. The van der Waals surface area contributed by atoms with Gasteiger partial charge in [-0.25, -0.2) is 4.79 Å². The lowest BCUT2D eigenvalue weighted by molar-refractivity contribution is 0.0600. The predicted molar refractivity (Wildman–Crippen MR) is 94.1 cm³/mol. The zero-order valence-electron chi connectivity index (χ0n) is 14.7. The number of aryl methyl sites for hydroxylation is 1. The number of carbonyl (C=O) groups excluding carboxylic acids is 2. The van der Waals surface area contributed by atoms with Crippen LogP contribution < -0.4 is 5.32 Å². The third-order valence-electron chi connectivity index (χ3n) is 4.29. The Morgan fingerprint density at radius 1 is 1.44 bits per heavy atom. The van der Waals surface area contributed by atoms with E-state index in [-0.39, 0.29) is 5.76 Å². The summed E-state index contributed by atoms with van der Waals surface area (Å²) in [4.78, 5) is 28.1. The van der Waals surface area contributed by atoms with Gasteiger partial charge in [-0.3, -0.25) is 9.69 Å². The third kappa shape index (κ3) is 3.45. The van der Waals surface area contributed by atoms with Gasteiger partial charge in [-0.05, 0) is 32.8 Å². The van der Waals surface area contributed by atoms with Gasteiger partial charge < -0.3 is 14.6 Å². The van der Waals surface area contributed by atoms with Crippen molar-refractivity contribution in [2.24, 2.45) is 0 Å². The van der Waals surface area contributed by atoms with E-state index in [0.717, 1.165) is 30.0 Å². The number of carbonyl (C=O) groups is 2. The van der Waals surface area contributed by atoms with E-state index in [9.17, 15) is 9.59 Å². The minimum absolute atomic E-state index is 0.114. The van der Waals surface area contributed by atoms with Gasteiger partial charge in [0.25, 0.3) is 5.91 Å². The Bertz CT molecular complexity index is 809. The fraction of sp³-hybridized carbons (Fsp3) is 0.471. The Morgan fingerprint density at radius 2 is 2.20 bits per heavy atom. The summed E-state index contributed by atoms with van der Waals surface area (Å²) in [5, 5.41) is 7.00.